The number of nitrogens with zero attached hydrogens (tertiary/aromatic N) is 1. The summed E-state index contributed by atoms with van der Waals surface area (Å²) in [5.74, 6) is -0.160. The van der Waals surface area contributed by atoms with E-state index in [9.17, 15) is 9.50 Å². The molecule has 1 aromatic rings. The molecule has 4 heteroatoms. The van der Waals surface area contributed by atoms with Gasteiger partial charge in [-0.3, -0.25) is 4.90 Å². The summed E-state index contributed by atoms with van der Waals surface area (Å²) in [7, 11) is 0. The minimum absolute atomic E-state index is 0.160. The summed E-state index contributed by atoms with van der Waals surface area (Å²) >= 11 is 3.27. The van der Waals surface area contributed by atoms with Crippen molar-refractivity contribution < 1.29 is 9.50 Å². The van der Waals surface area contributed by atoms with Crippen molar-refractivity contribution in [3.8, 4) is 0 Å². The number of aliphatic hydroxyl groups excluding tert-OH is 1. The lowest BCUT2D eigenvalue weighted by Gasteiger charge is -2.25. The van der Waals surface area contributed by atoms with E-state index in [1.165, 1.54) is 6.07 Å². The molecule has 0 amide bonds. The van der Waals surface area contributed by atoms with E-state index in [0.717, 1.165) is 35.8 Å². The SMILES string of the molecule is CC(O)CC1CCCN1Cc1ccc(Br)cc1F. The molecule has 18 heavy (non-hydrogen) atoms. The largest absolute Gasteiger partial charge is 0.393 e. The fraction of sp³-hybridized carbons (Fsp3) is 0.571. The van der Waals surface area contributed by atoms with Gasteiger partial charge in [0.15, 0.2) is 0 Å². The van der Waals surface area contributed by atoms with Crippen molar-refractivity contribution in [2.75, 3.05) is 6.54 Å². The minimum atomic E-state index is -0.287. The van der Waals surface area contributed by atoms with Crippen LogP contribution in [0.4, 0.5) is 4.39 Å². The van der Waals surface area contributed by atoms with Gasteiger partial charge in [0.1, 0.15) is 5.82 Å². The first-order valence-corrected chi connectivity index (χ1v) is 7.21. The second-order valence-corrected chi connectivity index (χ2v) is 6.00. The average molecular weight is 316 g/mol. The molecule has 2 rings (SSSR count). The van der Waals surface area contributed by atoms with Crippen LogP contribution >= 0.6 is 15.9 Å². The second-order valence-electron chi connectivity index (χ2n) is 5.09. The summed E-state index contributed by atoms with van der Waals surface area (Å²) in [6.07, 6.45) is 2.72. The molecule has 1 aliphatic heterocycles. The summed E-state index contributed by atoms with van der Waals surface area (Å²) in [6.45, 7) is 3.44. The van der Waals surface area contributed by atoms with Crippen molar-refractivity contribution in [3.05, 3.63) is 34.1 Å². The first-order valence-electron chi connectivity index (χ1n) is 6.42. The molecule has 0 radical (unpaired) electrons. The fourth-order valence-electron chi connectivity index (χ4n) is 2.63. The third kappa shape index (κ3) is 3.53. The van der Waals surface area contributed by atoms with Crippen molar-refractivity contribution >= 4 is 15.9 Å². The van der Waals surface area contributed by atoms with E-state index < -0.39 is 0 Å². The number of aliphatic hydroxyl groups is 1. The van der Waals surface area contributed by atoms with Crippen molar-refractivity contribution in [2.45, 2.75) is 44.9 Å². The normalized spacial score (nSPS) is 22.3. The van der Waals surface area contributed by atoms with Crippen molar-refractivity contribution in [1.82, 2.24) is 4.90 Å². The van der Waals surface area contributed by atoms with Gasteiger partial charge in [-0.05, 0) is 44.9 Å². The summed E-state index contributed by atoms with van der Waals surface area (Å²) in [4.78, 5) is 2.28. The van der Waals surface area contributed by atoms with Gasteiger partial charge in [-0.1, -0.05) is 22.0 Å². The van der Waals surface area contributed by atoms with Crippen LogP contribution in [0, 0.1) is 5.82 Å². The Morgan fingerprint density at radius 1 is 1.56 bits per heavy atom. The number of likely N-dealkylation sites (tertiary alicyclic amines) is 1. The predicted molar refractivity (Wildman–Crippen MR) is 73.8 cm³/mol. The summed E-state index contributed by atoms with van der Waals surface area (Å²) in [5.41, 5.74) is 0.732. The molecular formula is C14H19BrFNO. The highest BCUT2D eigenvalue weighted by molar-refractivity contribution is 9.10. The first-order chi connectivity index (χ1) is 8.56. The molecule has 1 aliphatic rings. The molecule has 100 valence electrons. The minimum Gasteiger partial charge on any atom is -0.393 e. The van der Waals surface area contributed by atoms with Crippen LogP contribution in [-0.4, -0.2) is 28.7 Å². The fourth-order valence-corrected chi connectivity index (χ4v) is 2.97. The highest BCUT2D eigenvalue weighted by atomic mass is 79.9. The lowest BCUT2D eigenvalue weighted by Crippen LogP contribution is -2.31. The Morgan fingerprint density at radius 3 is 3.00 bits per heavy atom. The Morgan fingerprint density at radius 2 is 2.33 bits per heavy atom. The van der Waals surface area contributed by atoms with E-state index >= 15 is 0 Å². The van der Waals surface area contributed by atoms with E-state index in [2.05, 4.69) is 20.8 Å². The quantitative estimate of drug-likeness (QED) is 0.921. The van der Waals surface area contributed by atoms with Crippen LogP contribution < -0.4 is 0 Å². The van der Waals surface area contributed by atoms with Crippen LogP contribution in [0.1, 0.15) is 31.7 Å². The Bertz CT molecular complexity index is 411. The number of hydrogen-bond donors (Lipinski definition) is 1. The van der Waals surface area contributed by atoms with E-state index in [4.69, 9.17) is 0 Å². The molecule has 0 spiro atoms. The van der Waals surface area contributed by atoms with Crippen LogP contribution in [0.3, 0.4) is 0 Å². The molecule has 1 saturated heterocycles. The predicted octanol–water partition coefficient (Wildman–Crippen LogP) is 3.32. The van der Waals surface area contributed by atoms with Crippen LogP contribution in [-0.2, 0) is 6.54 Å². The van der Waals surface area contributed by atoms with E-state index in [-0.39, 0.29) is 11.9 Å². The van der Waals surface area contributed by atoms with Gasteiger partial charge < -0.3 is 5.11 Å². The first kappa shape index (κ1) is 14.0. The standard InChI is InChI=1S/C14H19BrFNO/c1-10(18)7-13-3-2-6-17(13)9-11-4-5-12(15)8-14(11)16/h4-5,8,10,13,18H,2-3,6-7,9H2,1H3. The van der Waals surface area contributed by atoms with E-state index in [0.29, 0.717) is 12.6 Å². The van der Waals surface area contributed by atoms with Gasteiger partial charge in [0.25, 0.3) is 0 Å². The van der Waals surface area contributed by atoms with Crippen LogP contribution in [0.2, 0.25) is 0 Å². The monoisotopic (exact) mass is 315 g/mol. The van der Waals surface area contributed by atoms with Gasteiger partial charge in [0.2, 0.25) is 0 Å². The summed E-state index contributed by atoms with van der Waals surface area (Å²) in [5, 5.41) is 9.48. The van der Waals surface area contributed by atoms with Crippen molar-refractivity contribution in [2.24, 2.45) is 0 Å². The maximum absolute atomic E-state index is 13.8. The molecule has 0 saturated carbocycles. The maximum atomic E-state index is 13.8. The number of hydrogen-bond acceptors (Lipinski definition) is 2. The summed E-state index contributed by atoms with van der Waals surface area (Å²) in [6, 6.07) is 5.60. The zero-order chi connectivity index (χ0) is 13.1. The molecule has 1 aromatic carbocycles. The molecule has 2 atom stereocenters. The third-order valence-electron chi connectivity index (χ3n) is 3.50. The highest BCUT2D eigenvalue weighted by Gasteiger charge is 2.26. The molecule has 2 unspecified atom stereocenters. The molecule has 0 aliphatic carbocycles. The van der Waals surface area contributed by atoms with E-state index in [1.807, 2.05) is 19.1 Å². The average Bonchev–Trinajstić information content (AvgIpc) is 2.69. The molecule has 0 bridgehead atoms. The van der Waals surface area contributed by atoms with Crippen molar-refractivity contribution in [3.63, 3.8) is 0 Å². The molecule has 1 fully saturated rings. The molecule has 2 nitrogen and oxygen atoms in total. The smallest absolute Gasteiger partial charge is 0.128 e. The summed E-state index contributed by atoms with van der Waals surface area (Å²) < 4.78 is 14.6. The zero-order valence-electron chi connectivity index (χ0n) is 10.6. The lowest BCUT2D eigenvalue weighted by atomic mass is 10.1. The van der Waals surface area contributed by atoms with Gasteiger partial charge in [-0.25, -0.2) is 4.39 Å². The lowest BCUT2D eigenvalue weighted by molar-refractivity contribution is 0.130. The van der Waals surface area contributed by atoms with Gasteiger partial charge in [-0.15, -0.1) is 0 Å². The molecule has 1 N–H and O–H groups in total. The van der Waals surface area contributed by atoms with Gasteiger partial charge in [0.05, 0.1) is 6.10 Å². The molecular weight excluding hydrogens is 297 g/mol. The molecule has 0 aromatic heterocycles. The topological polar surface area (TPSA) is 23.5 Å². The van der Waals surface area contributed by atoms with Gasteiger partial charge in [-0.2, -0.15) is 0 Å². The maximum Gasteiger partial charge on any atom is 0.128 e. The number of halogens is 2. The number of rotatable bonds is 4. The molecule has 1 heterocycles. The number of benzene rings is 1. The van der Waals surface area contributed by atoms with E-state index in [1.54, 1.807) is 0 Å². The second kappa shape index (κ2) is 6.13. The Balaban J connectivity index is 2.03. The third-order valence-corrected chi connectivity index (χ3v) is 3.99. The van der Waals surface area contributed by atoms with Gasteiger partial charge in [0, 0.05) is 22.6 Å². The van der Waals surface area contributed by atoms with Crippen LogP contribution in [0.5, 0.6) is 0 Å². The van der Waals surface area contributed by atoms with Crippen molar-refractivity contribution in [1.29, 1.82) is 0 Å². The zero-order valence-corrected chi connectivity index (χ0v) is 12.2. The van der Waals surface area contributed by atoms with Crippen LogP contribution in [0.15, 0.2) is 22.7 Å². The van der Waals surface area contributed by atoms with Crippen LogP contribution in [0.25, 0.3) is 0 Å². The Hall–Kier alpha value is -0.450. The van der Waals surface area contributed by atoms with Gasteiger partial charge >= 0.3 is 0 Å². The Labute approximate surface area is 116 Å². The Kier molecular flexibility index (Phi) is 4.76. The highest BCUT2D eigenvalue weighted by Crippen LogP contribution is 2.25.